The molecule has 0 spiro atoms. The van der Waals surface area contributed by atoms with Crippen molar-refractivity contribution in [2.45, 2.75) is 65.1 Å². The van der Waals surface area contributed by atoms with Gasteiger partial charge in [0, 0.05) is 24.0 Å². The third kappa shape index (κ3) is 2.00. The van der Waals surface area contributed by atoms with Gasteiger partial charge in [-0.25, -0.2) is 0 Å². The quantitative estimate of drug-likeness (QED) is 0.818. The van der Waals surface area contributed by atoms with Gasteiger partial charge in [0.05, 0.1) is 6.10 Å². The predicted molar refractivity (Wildman–Crippen MR) is 75.6 cm³/mol. The summed E-state index contributed by atoms with van der Waals surface area (Å²) in [5, 5.41) is 3.09. The fourth-order valence-electron chi connectivity index (χ4n) is 3.53. The predicted octanol–water partition coefficient (Wildman–Crippen LogP) is 1.68. The fraction of sp³-hybridized carbons (Fsp3) is 0.933. The molecule has 2 fully saturated rings. The number of rotatable bonds is 3. The van der Waals surface area contributed by atoms with Crippen molar-refractivity contribution in [2.75, 3.05) is 6.61 Å². The zero-order valence-electron chi connectivity index (χ0n) is 12.8. The lowest BCUT2D eigenvalue weighted by molar-refractivity contribution is -0.225. The van der Waals surface area contributed by atoms with Gasteiger partial charge in [-0.15, -0.1) is 0 Å². The van der Waals surface area contributed by atoms with Gasteiger partial charge < -0.3 is 15.8 Å². The second-order valence-electron chi connectivity index (χ2n) is 7.14. The summed E-state index contributed by atoms with van der Waals surface area (Å²) in [7, 11) is 0. The lowest BCUT2D eigenvalue weighted by Crippen LogP contribution is -2.82. The Balaban J connectivity index is 2.15. The summed E-state index contributed by atoms with van der Waals surface area (Å²) in [6.07, 6.45) is 2.13. The van der Waals surface area contributed by atoms with E-state index in [2.05, 4.69) is 33.0 Å². The Kier molecular flexibility index (Phi) is 3.69. The first-order chi connectivity index (χ1) is 8.73. The highest BCUT2D eigenvalue weighted by Gasteiger charge is 2.70. The van der Waals surface area contributed by atoms with Crippen molar-refractivity contribution in [3.8, 4) is 0 Å². The molecule has 4 nitrogen and oxygen atoms in total. The molecule has 1 aliphatic heterocycles. The van der Waals surface area contributed by atoms with Crippen LogP contribution in [0.5, 0.6) is 0 Å². The summed E-state index contributed by atoms with van der Waals surface area (Å²) in [5.74, 6) is 0.565. The van der Waals surface area contributed by atoms with Crippen LogP contribution in [-0.4, -0.2) is 30.2 Å². The molecule has 1 amide bonds. The van der Waals surface area contributed by atoms with Crippen LogP contribution >= 0.6 is 0 Å². The molecule has 0 aromatic heterocycles. The normalized spacial score (nSPS) is 38.3. The van der Waals surface area contributed by atoms with Crippen molar-refractivity contribution in [1.82, 2.24) is 5.32 Å². The van der Waals surface area contributed by atoms with E-state index in [1.165, 1.54) is 0 Å². The van der Waals surface area contributed by atoms with Crippen molar-refractivity contribution in [1.29, 1.82) is 0 Å². The number of carbonyl (C=O) groups is 1. The minimum atomic E-state index is -0.790. The van der Waals surface area contributed by atoms with Crippen molar-refractivity contribution in [2.24, 2.45) is 23.0 Å². The molecular weight excluding hydrogens is 240 g/mol. The molecule has 1 heterocycles. The van der Waals surface area contributed by atoms with Gasteiger partial charge in [0.25, 0.3) is 0 Å². The molecule has 19 heavy (non-hydrogen) atoms. The maximum absolute atomic E-state index is 12.6. The SMILES string of the molecule is CC(C)C(C)NC(=O)C1(N)C2CCCOC2C1(C)C. The van der Waals surface area contributed by atoms with E-state index in [9.17, 15) is 4.79 Å². The number of amides is 1. The Labute approximate surface area is 116 Å². The van der Waals surface area contributed by atoms with Gasteiger partial charge in [0.15, 0.2) is 0 Å². The summed E-state index contributed by atoms with van der Waals surface area (Å²) in [6, 6.07) is 0.146. The molecule has 0 aromatic rings. The van der Waals surface area contributed by atoms with Crippen LogP contribution in [0.25, 0.3) is 0 Å². The van der Waals surface area contributed by atoms with E-state index in [0.29, 0.717) is 5.92 Å². The Hall–Kier alpha value is -0.610. The van der Waals surface area contributed by atoms with Crippen LogP contribution in [-0.2, 0) is 9.53 Å². The van der Waals surface area contributed by atoms with Crippen LogP contribution in [0.15, 0.2) is 0 Å². The molecule has 2 rings (SSSR count). The number of ether oxygens (including phenoxy) is 1. The third-order valence-electron chi connectivity index (χ3n) is 5.42. The summed E-state index contributed by atoms with van der Waals surface area (Å²) < 4.78 is 5.83. The average molecular weight is 268 g/mol. The standard InChI is InChI=1S/C15H28N2O2/c1-9(2)10(3)17-13(18)15(16)11-7-6-8-19-12(11)14(15,4)5/h9-12H,6-8,16H2,1-5H3,(H,17,18). The zero-order valence-corrected chi connectivity index (χ0v) is 12.8. The summed E-state index contributed by atoms with van der Waals surface area (Å²) in [4.78, 5) is 12.6. The van der Waals surface area contributed by atoms with Crippen molar-refractivity contribution in [3.05, 3.63) is 0 Å². The highest BCUT2D eigenvalue weighted by atomic mass is 16.5. The van der Waals surface area contributed by atoms with Crippen molar-refractivity contribution >= 4 is 5.91 Å². The first-order valence-corrected chi connectivity index (χ1v) is 7.44. The van der Waals surface area contributed by atoms with Crippen LogP contribution < -0.4 is 11.1 Å². The van der Waals surface area contributed by atoms with Crippen molar-refractivity contribution in [3.63, 3.8) is 0 Å². The van der Waals surface area contributed by atoms with Gasteiger partial charge in [-0.3, -0.25) is 4.79 Å². The van der Waals surface area contributed by atoms with E-state index in [1.807, 2.05) is 6.92 Å². The monoisotopic (exact) mass is 268 g/mol. The summed E-state index contributed by atoms with van der Waals surface area (Å²) >= 11 is 0. The van der Waals surface area contributed by atoms with Crippen LogP contribution in [0.4, 0.5) is 0 Å². The number of nitrogens with one attached hydrogen (secondary N) is 1. The first kappa shape index (κ1) is 14.8. The molecule has 0 aromatic carbocycles. The molecule has 4 heteroatoms. The Bertz CT molecular complexity index is 367. The second-order valence-corrected chi connectivity index (χ2v) is 7.14. The third-order valence-corrected chi connectivity index (χ3v) is 5.42. The molecule has 1 saturated heterocycles. The molecule has 2 aliphatic rings. The van der Waals surface area contributed by atoms with Gasteiger partial charge in [-0.1, -0.05) is 27.7 Å². The Morgan fingerprint density at radius 1 is 1.37 bits per heavy atom. The fourth-order valence-corrected chi connectivity index (χ4v) is 3.53. The molecule has 0 bridgehead atoms. The molecular formula is C15H28N2O2. The second kappa shape index (κ2) is 4.74. The molecule has 4 atom stereocenters. The number of nitrogens with two attached hydrogens (primary N) is 1. The van der Waals surface area contributed by atoms with Crippen LogP contribution in [0.3, 0.4) is 0 Å². The van der Waals surface area contributed by atoms with E-state index in [-0.39, 0.29) is 29.4 Å². The van der Waals surface area contributed by atoms with Crippen LogP contribution in [0.1, 0.15) is 47.5 Å². The Morgan fingerprint density at radius 2 is 2.00 bits per heavy atom. The lowest BCUT2D eigenvalue weighted by Gasteiger charge is -2.65. The zero-order chi connectivity index (χ0) is 14.4. The molecule has 3 N–H and O–H groups in total. The van der Waals surface area contributed by atoms with E-state index in [4.69, 9.17) is 10.5 Å². The lowest BCUT2D eigenvalue weighted by atomic mass is 9.46. The van der Waals surface area contributed by atoms with Gasteiger partial charge in [-0.05, 0) is 25.7 Å². The average Bonchev–Trinajstić information content (AvgIpc) is 2.37. The molecule has 1 aliphatic carbocycles. The van der Waals surface area contributed by atoms with Crippen LogP contribution in [0.2, 0.25) is 0 Å². The molecule has 110 valence electrons. The Morgan fingerprint density at radius 3 is 2.58 bits per heavy atom. The van der Waals surface area contributed by atoms with Crippen LogP contribution in [0, 0.1) is 17.3 Å². The first-order valence-electron chi connectivity index (χ1n) is 7.44. The number of carbonyl (C=O) groups excluding carboxylic acids is 1. The van der Waals surface area contributed by atoms with Gasteiger partial charge in [-0.2, -0.15) is 0 Å². The molecule has 4 unspecified atom stereocenters. The smallest absolute Gasteiger partial charge is 0.241 e. The molecule has 0 radical (unpaired) electrons. The van der Waals surface area contributed by atoms with Gasteiger partial charge in [0.1, 0.15) is 5.54 Å². The minimum absolute atomic E-state index is 0.00884. The molecule has 1 saturated carbocycles. The number of fused-ring (bicyclic) bond motifs is 1. The van der Waals surface area contributed by atoms with E-state index < -0.39 is 5.54 Å². The van der Waals surface area contributed by atoms with E-state index in [1.54, 1.807) is 0 Å². The maximum atomic E-state index is 12.6. The van der Waals surface area contributed by atoms with E-state index >= 15 is 0 Å². The van der Waals surface area contributed by atoms with Crippen molar-refractivity contribution < 1.29 is 9.53 Å². The number of hydrogen-bond acceptors (Lipinski definition) is 3. The van der Waals surface area contributed by atoms with Gasteiger partial charge in [0.2, 0.25) is 5.91 Å². The van der Waals surface area contributed by atoms with E-state index in [0.717, 1.165) is 19.4 Å². The van der Waals surface area contributed by atoms with Gasteiger partial charge >= 0.3 is 0 Å². The highest BCUT2D eigenvalue weighted by Crippen LogP contribution is 2.57. The summed E-state index contributed by atoms with van der Waals surface area (Å²) in [5.41, 5.74) is 5.45. The highest BCUT2D eigenvalue weighted by molar-refractivity contribution is 5.89. The number of hydrogen-bond donors (Lipinski definition) is 2. The minimum Gasteiger partial charge on any atom is -0.377 e. The maximum Gasteiger partial charge on any atom is 0.241 e. The largest absolute Gasteiger partial charge is 0.377 e. The topological polar surface area (TPSA) is 64.4 Å². The summed E-state index contributed by atoms with van der Waals surface area (Å²) in [6.45, 7) is 11.1.